The van der Waals surface area contributed by atoms with E-state index in [-0.39, 0.29) is 0 Å². The molecule has 0 saturated carbocycles. The molecule has 1 aromatic heterocycles. The van der Waals surface area contributed by atoms with Crippen molar-refractivity contribution in [2.45, 2.75) is 13.8 Å². The first kappa shape index (κ1) is 6.30. The predicted molar refractivity (Wildman–Crippen MR) is 52.4 cm³/mol. The topological polar surface area (TPSA) is 4.93 Å². The van der Waals surface area contributed by atoms with Gasteiger partial charge in [-0.25, -0.2) is 0 Å². The molecular formula is C11H13N. The Morgan fingerprint density at radius 1 is 1.33 bits per heavy atom. The van der Waals surface area contributed by atoms with E-state index in [9.17, 15) is 0 Å². The summed E-state index contributed by atoms with van der Waals surface area (Å²) in [5, 5.41) is 1.27. The van der Waals surface area contributed by atoms with Gasteiger partial charge in [0.05, 0.1) is 0 Å². The van der Waals surface area contributed by atoms with E-state index in [0.29, 0.717) is 6.90 Å². The number of para-hydroxylation sites is 1. The second-order valence-electron chi connectivity index (χ2n) is 3.15. The van der Waals surface area contributed by atoms with E-state index >= 15 is 0 Å². The van der Waals surface area contributed by atoms with Gasteiger partial charge in [0.2, 0.25) is 0 Å². The lowest BCUT2D eigenvalue weighted by Crippen LogP contribution is -1.89. The van der Waals surface area contributed by atoms with Crippen molar-refractivity contribution in [1.29, 1.82) is 0 Å². The Morgan fingerprint density at radius 2 is 2.08 bits per heavy atom. The fourth-order valence-corrected chi connectivity index (χ4v) is 1.64. The third kappa shape index (κ3) is 0.795. The van der Waals surface area contributed by atoms with Crippen LogP contribution in [0, 0.1) is 13.8 Å². The third-order valence-corrected chi connectivity index (χ3v) is 2.51. The lowest BCUT2D eigenvalue weighted by Gasteiger charge is -1.96. The Balaban J connectivity index is 2.88. The Bertz CT molecular complexity index is 404. The molecule has 2 rings (SSSR count). The largest absolute Gasteiger partial charge is 0.348 e. The van der Waals surface area contributed by atoms with Gasteiger partial charge in [0.15, 0.2) is 0 Å². The summed E-state index contributed by atoms with van der Waals surface area (Å²) in [4.78, 5) is 0. The van der Waals surface area contributed by atoms with Gasteiger partial charge in [0.25, 0.3) is 0 Å². The summed E-state index contributed by atoms with van der Waals surface area (Å²) < 4.78 is 9.55. The van der Waals surface area contributed by atoms with Gasteiger partial charge in [-0.1, -0.05) is 18.2 Å². The molecule has 0 saturated heterocycles. The minimum Gasteiger partial charge on any atom is -0.348 e. The Labute approximate surface area is 74.0 Å². The van der Waals surface area contributed by atoms with Crippen LogP contribution in [-0.4, -0.2) is 4.57 Å². The minimum atomic E-state index is 0.358. The van der Waals surface area contributed by atoms with Crippen LogP contribution in [0.4, 0.5) is 0 Å². The molecule has 0 unspecified atom stereocenters. The van der Waals surface area contributed by atoms with Crippen LogP contribution in [0.5, 0.6) is 0 Å². The zero-order valence-electron chi connectivity index (χ0n) is 8.46. The molecule has 1 heterocycles. The molecule has 0 fully saturated rings. The number of benzene rings is 1. The zero-order chi connectivity index (χ0) is 9.42. The van der Waals surface area contributed by atoms with E-state index in [1.165, 1.54) is 16.5 Å². The first-order valence-electron chi connectivity index (χ1n) is 4.78. The van der Waals surface area contributed by atoms with Gasteiger partial charge in [-0.15, -0.1) is 0 Å². The van der Waals surface area contributed by atoms with E-state index in [0.717, 1.165) is 5.69 Å². The Kier molecular flexibility index (Phi) is 1.25. The van der Waals surface area contributed by atoms with Crippen molar-refractivity contribution in [3.63, 3.8) is 0 Å². The summed E-state index contributed by atoms with van der Waals surface area (Å²) in [5.41, 5.74) is 3.58. The molecule has 0 bridgehead atoms. The van der Waals surface area contributed by atoms with Crippen LogP contribution in [0.2, 0.25) is 0 Å². The Hall–Kier alpha value is -1.24. The molecule has 0 aliphatic carbocycles. The van der Waals surface area contributed by atoms with Crippen molar-refractivity contribution in [3.05, 3.63) is 35.5 Å². The molecule has 0 aliphatic rings. The standard InChI is InChI=1S/C11H13N/c1-8-9(2)12(3)11-7-5-4-6-10(8)11/h4-7H,1-3H3/i2D. The van der Waals surface area contributed by atoms with E-state index < -0.39 is 0 Å². The van der Waals surface area contributed by atoms with Crippen molar-refractivity contribution in [3.8, 4) is 0 Å². The smallest absolute Gasteiger partial charge is 0.0482 e. The van der Waals surface area contributed by atoms with Gasteiger partial charge < -0.3 is 4.57 Å². The van der Waals surface area contributed by atoms with Gasteiger partial charge in [0.1, 0.15) is 0 Å². The highest BCUT2D eigenvalue weighted by Crippen LogP contribution is 2.22. The first-order chi connectivity index (χ1) is 6.25. The molecule has 12 heavy (non-hydrogen) atoms. The average Bonchev–Trinajstić information content (AvgIpc) is 2.41. The molecule has 62 valence electrons. The number of hydrogen-bond acceptors (Lipinski definition) is 0. The lowest BCUT2D eigenvalue weighted by molar-refractivity contribution is 0.910. The normalized spacial score (nSPS) is 12.0. The van der Waals surface area contributed by atoms with Gasteiger partial charge >= 0.3 is 0 Å². The van der Waals surface area contributed by atoms with Crippen LogP contribution in [0.1, 0.15) is 12.6 Å². The molecule has 0 atom stereocenters. The SMILES string of the molecule is [2H]Cc1c(C)c2ccccc2n1C. The van der Waals surface area contributed by atoms with Crippen LogP contribution in [0.25, 0.3) is 10.9 Å². The highest BCUT2D eigenvalue weighted by Gasteiger charge is 2.05. The number of rotatable bonds is 0. The summed E-state index contributed by atoms with van der Waals surface area (Å²) >= 11 is 0. The quantitative estimate of drug-likeness (QED) is 0.558. The summed E-state index contributed by atoms with van der Waals surface area (Å²) in [6, 6.07) is 8.30. The maximum Gasteiger partial charge on any atom is 0.0482 e. The second-order valence-corrected chi connectivity index (χ2v) is 3.15. The fourth-order valence-electron chi connectivity index (χ4n) is 1.64. The molecule has 0 amide bonds. The van der Waals surface area contributed by atoms with Crippen LogP contribution >= 0.6 is 0 Å². The van der Waals surface area contributed by atoms with E-state index in [1.807, 2.05) is 19.2 Å². The number of hydrogen-bond donors (Lipinski definition) is 0. The lowest BCUT2D eigenvalue weighted by atomic mass is 10.2. The molecule has 0 N–H and O–H groups in total. The zero-order valence-corrected chi connectivity index (χ0v) is 7.46. The number of fused-ring (bicyclic) bond motifs is 1. The van der Waals surface area contributed by atoms with Gasteiger partial charge in [0, 0.05) is 25.0 Å². The highest BCUT2D eigenvalue weighted by atomic mass is 14.9. The molecule has 0 aliphatic heterocycles. The molecule has 1 nitrogen and oxygen atoms in total. The number of aromatic nitrogens is 1. The maximum atomic E-state index is 7.44. The molecule has 2 aromatic rings. The fraction of sp³-hybridized carbons (Fsp3) is 0.273. The minimum absolute atomic E-state index is 0.358. The van der Waals surface area contributed by atoms with E-state index in [4.69, 9.17) is 1.37 Å². The van der Waals surface area contributed by atoms with Crippen molar-refractivity contribution in [2.75, 3.05) is 0 Å². The molecule has 1 heteroatoms. The molecular weight excluding hydrogens is 146 g/mol. The van der Waals surface area contributed by atoms with Crippen LogP contribution in [0.15, 0.2) is 24.3 Å². The van der Waals surface area contributed by atoms with Crippen LogP contribution in [-0.2, 0) is 7.05 Å². The summed E-state index contributed by atoms with van der Waals surface area (Å²) in [5.74, 6) is 0. The monoisotopic (exact) mass is 160 g/mol. The first-order valence-corrected chi connectivity index (χ1v) is 4.08. The Morgan fingerprint density at radius 3 is 2.75 bits per heavy atom. The van der Waals surface area contributed by atoms with Crippen molar-refractivity contribution < 1.29 is 1.37 Å². The van der Waals surface area contributed by atoms with E-state index in [2.05, 4.69) is 23.6 Å². The third-order valence-electron chi connectivity index (χ3n) is 2.51. The molecule has 0 spiro atoms. The van der Waals surface area contributed by atoms with Crippen molar-refractivity contribution in [1.82, 2.24) is 4.57 Å². The van der Waals surface area contributed by atoms with E-state index in [1.54, 1.807) is 0 Å². The van der Waals surface area contributed by atoms with Gasteiger partial charge in [-0.05, 0) is 25.5 Å². The maximum absolute atomic E-state index is 7.44. The van der Waals surface area contributed by atoms with Crippen LogP contribution in [0.3, 0.4) is 0 Å². The van der Waals surface area contributed by atoms with Crippen molar-refractivity contribution in [2.24, 2.45) is 7.05 Å². The van der Waals surface area contributed by atoms with Crippen LogP contribution < -0.4 is 0 Å². The predicted octanol–water partition coefficient (Wildman–Crippen LogP) is 2.80. The summed E-state index contributed by atoms with van der Waals surface area (Å²) in [7, 11) is 2.03. The summed E-state index contributed by atoms with van der Waals surface area (Å²) in [6.45, 7) is 2.45. The second kappa shape index (κ2) is 2.37. The van der Waals surface area contributed by atoms with Gasteiger partial charge in [-0.3, -0.25) is 0 Å². The number of nitrogens with zero attached hydrogens (tertiary/aromatic N) is 1. The van der Waals surface area contributed by atoms with Crippen molar-refractivity contribution >= 4 is 10.9 Å². The highest BCUT2D eigenvalue weighted by molar-refractivity contribution is 5.85. The van der Waals surface area contributed by atoms with Gasteiger partial charge in [-0.2, -0.15) is 0 Å². The molecule has 0 radical (unpaired) electrons. The average molecular weight is 160 g/mol. The summed E-state index contributed by atoms with van der Waals surface area (Å²) in [6.07, 6.45) is 0. The number of aryl methyl sites for hydroxylation is 2. The molecule has 1 aromatic carbocycles.